The van der Waals surface area contributed by atoms with Crippen molar-refractivity contribution in [3.63, 3.8) is 0 Å². The first kappa shape index (κ1) is 14.2. The van der Waals surface area contributed by atoms with Gasteiger partial charge in [-0.3, -0.25) is 0 Å². The molecule has 0 aliphatic rings. The zero-order chi connectivity index (χ0) is 12.7. The Balaban J connectivity index is 2.65. The number of methoxy groups -OCH3 is 2. The second kappa shape index (κ2) is 7.42. The summed E-state index contributed by atoms with van der Waals surface area (Å²) in [6.07, 6.45) is 5.37. The zero-order valence-electron chi connectivity index (χ0n) is 11.1. The molecule has 1 unspecified atom stereocenters. The first-order valence-electron chi connectivity index (χ1n) is 5.98. The van der Waals surface area contributed by atoms with Crippen molar-refractivity contribution >= 4 is 0 Å². The number of aryl methyl sites for hydroxylation is 1. The fourth-order valence-corrected chi connectivity index (χ4v) is 1.81. The Morgan fingerprint density at radius 2 is 2.12 bits per heavy atom. The van der Waals surface area contributed by atoms with Crippen LogP contribution in [0, 0.1) is 0 Å². The molecule has 1 aromatic rings. The summed E-state index contributed by atoms with van der Waals surface area (Å²) in [5.41, 5.74) is 0. The number of rotatable bonds is 8. The molecule has 1 rings (SSSR count). The summed E-state index contributed by atoms with van der Waals surface area (Å²) < 4.78 is 12.7. The van der Waals surface area contributed by atoms with E-state index in [-0.39, 0.29) is 12.3 Å². The van der Waals surface area contributed by atoms with Crippen LogP contribution in [-0.2, 0) is 22.9 Å². The van der Waals surface area contributed by atoms with Crippen LogP contribution in [0.2, 0.25) is 0 Å². The lowest BCUT2D eigenvalue weighted by Gasteiger charge is -2.25. The first-order valence-corrected chi connectivity index (χ1v) is 5.98. The summed E-state index contributed by atoms with van der Waals surface area (Å²) in [5.74, 6) is 1.03. The maximum atomic E-state index is 5.33. The van der Waals surface area contributed by atoms with Crippen LogP contribution in [0.15, 0.2) is 12.4 Å². The van der Waals surface area contributed by atoms with Gasteiger partial charge in [0, 0.05) is 40.1 Å². The van der Waals surface area contributed by atoms with Crippen LogP contribution < -0.4 is 5.32 Å². The minimum absolute atomic E-state index is 0.117. The molecule has 0 aliphatic heterocycles. The Labute approximate surface area is 103 Å². The van der Waals surface area contributed by atoms with E-state index < -0.39 is 0 Å². The molecule has 1 N–H and O–H groups in total. The quantitative estimate of drug-likeness (QED) is 0.688. The molecule has 0 spiro atoms. The van der Waals surface area contributed by atoms with Gasteiger partial charge in [-0.15, -0.1) is 0 Å². The fourth-order valence-electron chi connectivity index (χ4n) is 1.81. The van der Waals surface area contributed by atoms with E-state index in [1.54, 1.807) is 20.4 Å². The molecule has 0 saturated heterocycles. The van der Waals surface area contributed by atoms with Crippen LogP contribution in [-0.4, -0.2) is 42.6 Å². The van der Waals surface area contributed by atoms with Crippen molar-refractivity contribution in [3.8, 4) is 0 Å². The second-order valence-electron chi connectivity index (χ2n) is 4.06. The van der Waals surface area contributed by atoms with Crippen LogP contribution in [0.1, 0.15) is 19.2 Å². The third-order valence-corrected chi connectivity index (χ3v) is 2.77. The van der Waals surface area contributed by atoms with Gasteiger partial charge in [-0.25, -0.2) is 4.98 Å². The van der Waals surface area contributed by atoms with E-state index in [4.69, 9.17) is 9.47 Å². The molecule has 0 saturated carbocycles. The van der Waals surface area contributed by atoms with E-state index in [9.17, 15) is 0 Å². The summed E-state index contributed by atoms with van der Waals surface area (Å²) in [4.78, 5) is 4.33. The maximum Gasteiger partial charge on any atom is 0.172 e. The summed E-state index contributed by atoms with van der Waals surface area (Å²) in [5, 5.41) is 3.43. The number of ether oxygens (including phenoxy) is 2. The van der Waals surface area contributed by atoms with Crippen molar-refractivity contribution in [1.82, 2.24) is 14.9 Å². The molecule has 5 nitrogen and oxygen atoms in total. The van der Waals surface area contributed by atoms with E-state index in [2.05, 4.69) is 17.2 Å². The SMILES string of the molecule is CCCNC(Cc1nccn1C)C(OC)OC. The second-order valence-corrected chi connectivity index (χ2v) is 4.06. The molecule has 0 amide bonds. The lowest BCUT2D eigenvalue weighted by Crippen LogP contribution is -2.44. The molecular weight excluding hydrogens is 218 g/mol. The monoisotopic (exact) mass is 241 g/mol. The minimum atomic E-state index is -0.252. The molecule has 0 aliphatic carbocycles. The number of imidazole rings is 1. The average Bonchev–Trinajstić information content (AvgIpc) is 2.73. The van der Waals surface area contributed by atoms with Crippen LogP contribution in [0.4, 0.5) is 0 Å². The van der Waals surface area contributed by atoms with Crippen LogP contribution >= 0.6 is 0 Å². The van der Waals surface area contributed by atoms with E-state index >= 15 is 0 Å². The summed E-state index contributed by atoms with van der Waals surface area (Å²) in [6, 6.07) is 0.117. The Bertz CT molecular complexity index is 310. The van der Waals surface area contributed by atoms with Crippen LogP contribution in [0.3, 0.4) is 0 Å². The molecular formula is C12H23N3O2. The number of aromatic nitrogens is 2. The number of hydrogen-bond acceptors (Lipinski definition) is 4. The Morgan fingerprint density at radius 1 is 1.41 bits per heavy atom. The first-order chi connectivity index (χ1) is 8.22. The predicted octanol–water partition coefficient (Wildman–Crippen LogP) is 0.950. The van der Waals surface area contributed by atoms with Crippen LogP contribution in [0.5, 0.6) is 0 Å². The predicted molar refractivity (Wildman–Crippen MR) is 66.8 cm³/mol. The molecule has 98 valence electrons. The highest BCUT2D eigenvalue weighted by Crippen LogP contribution is 2.07. The third kappa shape index (κ3) is 4.11. The summed E-state index contributed by atoms with van der Waals surface area (Å²) in [7, 11) is 5.31. The highest BCUT2D eigenvalue weighted by molar-refractivity contribution is 4.95. The van der Waals surface area contributed by atoms with Gasteiger partial charge in [-0.05, 0) is 13.0 Å². The van der Waals surface area contributed by atoms with Gasteiger partial charge in [0.15, 0.2) is 6.29 Å². The van der Waals surface area contributed by atoms with Gasteiger partial charge in [0.2, 0.25) is 0 Å². The Hall–Kier alpha value is -0.910. The van der Waals surface area contributed by atoms with Gasteiger partial charge >= 0.3 is 0 Å². The molecule has 1 aromatic heterocycles. The van der Waals surface area contributed by atoms with Crippen molar-refractivity contribution in [3.05, 3.63) is 18.2 Å². The largest absolute Gasteiger partial charge is 0.354 e. The minimum Gasteiger partial charge on any atom is -0.354 e. The van der Waals surface area contributed by atoms with E-state index in [0.717, 1.165) is 25.2 Å². The van der Waals surface area contributed by atoms with E-state index in [1.165, 1.54) is 0 Å². The molecule has 17 heavy (non-hydrogen) atoms. The van der Waals surface area contributed by atoms with Crippen LogP contribution in [0.25, 0.3) is 0 Å². The van der Waals surface area contributed by atoms with Crippen molar-refractivity contribution in [1.29, 1.82) is 0 Å². The Kier molecular flexibility index (Phi) is 6.18. The van der Waals surface area contributed by atoms with Gasteiger partial charge in [0.1, 0.15) is 5.82 Å². The van der Waals surface area contributed by atoms with Crippen molar-refractivity contribution < 1.29 is 9.47 Å². The molecule has 0 fully saturated rings. The highest BCUT2D eigenvalue weighted by Gasteiger charge is 2.22. The number of nitrogens with one attached hydrogen (secondary N) is 1. The lowest BCUT2D eigenvalue weighted by atomic mass is 10.2. The van der Waals surface area contributed by atoms with Crippen molar-refractivity contribution in [2.45, 2.75) is 32.1 Å². The Morgan fingerprint density at radius 3 is 2.59 bits per heavy atom. The molecule has 0 aromatic carbocycles. The standard InChI is InChI=1S/C12H23N3O2/c1-5-6-13-10(12(16-3)17-4)9-11-14-7-8-15(11)2/h7-8,10,12-13H,5-6,9H2,1-4H3. The fraction of sp³-hybridized carbons (Fsp3) is 0.750. The summed E-state index contributed by atoms with van der Waals surface area (Å²) in [6.45, 7) is 3.08. The van der Waals surface area contributed by atoms with Crippen molar-refractivity contribution in [2.24, 2.45) is 7.05 Å². The normalized spacial score (nSPS) is 13.2. The molecule has 0 radical (unpaired) electrons. The van der Waals surface area contributed by atoms with Gasteiger partial charge < -0.3 is 19.4 Å². The zero-order valence-corrected chi connectivity index (χ0v) is 11.1. The van der Waals surface area contributed by atoms with Gasteiger partial charge in [-0.1, -0.05) is 6.92 Å². The summed E-state index contributed by atoms with van der Waals surface area (Å²) >= 11 is 0. The molecule has 1 heterocycles. The number of nitrogens with zero attached hydrogens (tertiary/aromatic N) is 2. The molecule has 5 heteroatoms. The van der Waals surface area contributed by atoms with Gasteiger partial charge in [0.25, 0.3) is 0 Å². The smallest absolute Gasteiger partial charge is 0.172 e. The van der Waals surface area contributed by atoms with Gasteiger partial charge in [-0.2, -0.15) is 0 Å². The molecule has 1 atom stereocenters. The van der Waals surface area contributed by atoms with Crippen molar-refractivity contribution in [2.75, 3.05) is 20.8 Å². The maximum absolute atomic E-state index is 5.33. The van der Waals surface area contributed by atoms with Gasteiger partial charge in [0.05, 0.1) is 6.04 Å². The van der Waals surface area contributed by atoms with E-state index in [0.29, 0.717) is 0 Å². The van der Waals surface area contributed by atoms with E-state index in [1.807, 2.05) is 17.8 Å². The highest BCUT2D eigenvalue weighted by atomic mass is 16.7. The lowest BCUT2D eigenvalue weighted by molar-refractivity contribution is -0.122. The topological polar surface area (TPSA) is 48.3 Å². The molecule has 0 bridgehead atoms. The average molecular weight is 241 g/mol. The number of hydrogen-bond donors (Lipinski definition) is 1. The third-order valence-electron chi connectivity index (χ3n) is 2.77.